The summed E-state index contributed by atoms with van der Waals surface area (Å²) in [5.74, 6) is -1.03. The molecule has 2 N–H and O–H groups in total. The number of hydrogen-bond donors (Lipinski definition) is 2. The standard InChI is InChI=1S/C13H17N3O4/c1-3-9(4-2)12(17)14-15-13(18)10-6-5-7-11(8-10)16(19)20/h5-9H,3-4H2,1-2H3,(H,14,17)(H,15,18). The lowest BCUT2D eigenvalue weighted by Crippen LogP contribution is -2.44. The Kier molecular flexibility index (Phi) is 5.64. The second-order valence-electron chi connectivity index (χ2n) is 4.26. The highest BCUT2D eigenvalue weighted by Gasteiger charge is 2.16. The predicted octanol–water partition coefficient (Wildman–Crippen LogP) is 1.79. The van der Waals surface area contributed by atoms with Gasteiger partial charge >= 0.3 is 0 Å². The number of amides is 2. The zero-order chi connectivity index (χ0) is 15.1. The molecule has 2 amide bonds. The Morgan fingerprint density at radius 2 is 1.90 bits per heavy atom. The third kappa shape index (κ3) is 4.04. The van der Waals surface area contributed by atoms with E-state index < -0.39 is 10.8 Å². The zero-order valence-electron chi connectivity index (χ0n) is 11.4. The number of hydrogen-bond acceptors (Lipinski definition) is 4. The predicted molar refractivity (Wildman–Crippen MR) is 72.8 cm³/mol. The van der Waals surface area contributed by atoms with E-state index in [-0.39, 0.29) is 23.1 Å². The molecule has 20 heavy (non-hydrogen) atoms. The summed E-state index contributed by atoms with van der Waals surface area (Å²) in [6.45, 7) is 3.77. The van der Waals surface area contributed by atoms with Gasteiger partial charge in [0.05, 0.1) is 4.92 Å². The molecule has 0 aromatic heterocycles. The van der Waals surface area contributed by atoms with Crippen LogP contribution in [-0.2, 0) is 4.79 Å². The van der Waals surface area contributed by atoms with Gasteiger partial charge in [0.25, 0.3) is 11.6 Å². The van der Waals surface area contributed by atoms with E-state index in [1.165, 1.54) is 18.2 Å². The largest absolute Gasteiger partial charge is 0.273 e. The third-order valence-electron chi connectivity index (χ3n) is 2.97. The van der Waals surface area contributed by atoms with Crippen LogP contribution in [0.4, 0.5) is 5.69 Å². The van der Waals surface area contributed by atoms with E-state index in [1.54, 1.807) is 0 Å². The molecule has 0 heterocycles. The molecule has 0 saturated heterocycles. The Morgan fingerprint density at radius 3 is 2.45 bits per heavy atom. The Hall–Kier alpha value is -2.44. The molecule has 7 nitrogen and oxygen atoms in total. The van der Waals surface area contributed by atoms with Crippen LogP contribution in [0.3, 0.4) is 0 Å². The number of nitro benzene ring substituents is 1. The minimum atomic E-state index is -0.590. The van der Waals surface area contributed by atoms with E-state index in [0.29, 0.717) is 12.8 Å². The molecule has 108 valence electrons. The Bertz CT molecular complexity index is 512. The Balaban J connectivity index is 2.65. The average Bonchev–Trinajstić information content (AvgIpc) is 2.46. The number of rotatable bonds is 5. The molecule has 0 aliphatic carbocycles. The molecule has 0 radical (unpaired) electrons. The van der Waals surface area contributed by atoms with Gasteiger partial charge in [0.1, 0.15) is 0 Å². The van der Waals surface area contributed by atoms with Crippen LogP contribution >= 0.6 is 0 Å². The summed E-state index contributed by atoms with van der Waals surface area (Å²) in [6.07, 6.45) is 1.35. The molecule has 1 aromatic carbocycles. The molecule has 0 fully saturated rings. The number of non-ortho nitro benzene ring substituents is 1. The first-order valence-electron chi connectivity index (χ1n) is 6.34. The summed E-state index contributed by atoms with van der Waals surface area (Å²) in [5, 5.41) is 10.6. The van der Waals surface area contributed by atoms with Gasteiger partial charge in [-0.3, -0.25) is 30.6 Å². The molecule has 0 spiro atoms. The highest BCUT2D eigenvalue weighted by atomic mass is 16.6. The maximum Gasteiger partial charge on any atom is 0.270 e. The minimum absolute atomic E-state index is 0.115. The van der Waals surface area contributed by atoms with Crippen molar-refractivity contribution in [3.05, 3.63) is 39.9 Å². The van der Waals surface area contributed by atoms with E-state index in [0.717, 1.165) is 6.07 Å². The van der Waals surface area contributed by atoms with Gasteiger partial charge in [-0.25, -0.2) is 0 Å². The molecule has 1 aromatic rings. The van der Waals surface area contributed by atoms with Crippen molar-refractivity contribution in [3.63, 3.8) is 0 Å². The van der Waals surface area contributed by atoms with Gasteiger partial charge in [-0.05, 0) is 18.9 Å². The highest BCUT2D eigenvalue weighted by Crippen LogP contribution is 2.12. The summed E-state index contributed by atoms with van der Waals surface area (Å²) in [4.78, 5) is 33.5. The van der Waals surface area contributed by atoms with E-state index in [4.69, 9.17) is 0 Å². The van der Waals surface area contributed by atoms with E-state index in [1.807, 2.05) is 13.8 Å². The van der Waals surface area contributed by atoms with Gasteiger partial charge < -0.3 is 0 Å². The molecule has 0 saturated carbocycles. The van der Waals surface area contributed by atoms with Gasteiger partial charge in [0.15, 0.2) is 0 Å². The van der Waals surface area contributed by atoms with E-state index in [2.05, 4.69) is 10.9 Å². The summed E-state index contributed by atoms with van der Waals surface area (Å²) in [6, 6.07) is 5.29. The van der Waals surface area contributed by atoms with E-state index in [9.17, 15) is 19.7 Å². The van der Waals surface area contributed by atoms with Crippen LogP contribution in [0.5, 0.6) is 0 Å². The van der Waals surface area contributed by atoms with Crippen molar-refractivity contribution in [1.29, 1.82) is 0 Å². The quantitative estimate of drug-likeness (QED) is 0.633. The minimum Gasteiger partial charge on any atom is -0.273 e. The van der Waals surface area contributed by atoms with Crippen molar-refractivity contribution in [2.24, 2.45) is 5.92 Å². The lowest BCUT2D eigenvalue weighted by molar-refractivity contribution is -0.384. The first kappa shape index (κ1) is 15.6. The van der Waals surface area contributed by atoms with Crippen molar-refractivity contribution in [2.75, 3.05) is 0 Å². The molecule has 0 unspecified atom stereocenters. The summed E-state index contributed by atoms with van der Waals surface area (Å²) >= 11 is 0. The van der Waals surface area contributed by atoms with Crippen LogP contribution in [0, 0.1) is 16.0 Å². The number of hydrazine groups is 1. The van der Waals surface area contributed by atoms with Gasteiger partial charge in [-0.15, -0.1) is 0 Å². The molecule has 0 aliphatic rings. The number of nitrogens with zero attached hydrogens (tertiary/aromatic N) is 1. The van der Waals surface area contributed by atoms with Crippen LogP contribution in [0.2, 0.25) is 0 Å². The monoisotopic (exact) mass is 279 g/mol. The van der Waals surface area contributed by atoms with Gasteiger partial charge in [0, 0.05) is 23.6 Å². The highest BCUT2D eigenvalue weighted by molar-refractivity contribution is 5.96. The second kappa shape index (κ2) is 7.22. The number of nitrogens with one attached hydrogen (secondary N) is 2. The van der Waals surface area contributed by atoms with Gasteiger partial charge in [-0.2, -0.15) is 0 Å². The maximum absolute atomic E-state index is 11.8. The lowest BCUT2D eigenvalue weighted by atomic mass is 10.0. The SMILES string of the molecule is CCC(CC)C(=O)NNC(=O)c1cccc([N+](=O)[O-])c1. The summed E-state index contributed by atoms with van der Waals surface area (Å²) in [7, 11) is 0. The molecule has 1 rings (SSSR count). The van der Waals surface area contributed by atoms with Crippen molar-refractivity contribution >= 4 is 17.5 Å². The van der Waals surface area contributed by atoms with Crippen molar-refractivity contribution in [3.8, 4) is 0 Å². The normalized spacial score (nSPS) is 10.2. The molecular weight excluding hydrogens is 262 g/mol. The molecule has 7 heteroatoms. The fraction of sp³-hybridized carbons (Fsp3) is 0.385. The molecular formula is C13H17N3O4. The second-order valence-corrected chi connectivity index (χ2v) is 4.26. The van der Waals surface area contributed by atoms with Crippen LogP contribution in [0.15, 0.2) is 24.3 Å². The smallest absolute Gasteiger partial charge is 0.270 e. The molecule has 0 atom stereocenters. The summed E-state index contributed by atoms with van der Waals surface area (Å²) < 4.78 is 0. The number of benzene rings is 1. The fourth-order valence-electron chi connectivity index (χ4n) is 1.71. The number of carbonyl (C=O) groups excluding carboxylic acids is 2. The molecule has 0 bridgehead atoms. The first-order chi connectivity index (χ1) is 9.49. The van der Waals surface area contributed by atoms with Crippen molar-refractivity contribution in [2.45, 2.75) is 26.7 Å². The van der Waals surface area contributed by atoms with Crippen LogP contribution in [0.25, 0.3) is 0 Å². The lowest BCUT2D eigenvalue weighted by Gasteiger charge is -2.13. The number of carbonyl (C=O) groups is 2. The Morgan fingerprint density at radius 1 is 1.25 bits per heavy atom. The van der Waals surface area contributed by atoms with E-state index >= 15 is 0 Å². The van der Waals surface area contributed by atoms with Crippen molar-refractivity contribution in [1.82, 2.24) is 10.9 Å². The van der Waals surface area contributed by atoms with Crippen LogP contribution in [-0.4, -0.2) is 16.7 Å². The van der Waals surface area contributed by atoms with Crippen molar-refractivity contribution < 1.29 is 14.5 Å². The number of nitro groups is 1. The molecule has 0 aliphatic heterocycles. The average molecular weight is 279 g/mol. The van der Waals surface area contributed by atoms with Gasteiger partial charge in [0.2, 0.25) is 5.91 Å². The Labute approximate surface area is 116 Å². The maximum atomic E-state index is 11.8. The zero-order valence-corrected chi connectivity index (χ0v) is 11.4. The first-order valence-corrected chi connectivity index (χ1v) is 6.34. The van der Waals surface area contributed by atoms with Crippen LogP contribution in [0.1, 0.15) is 37.0 Å². The summed E-state index contributed by atoms with van der Waals surface area (Å²) in [5.41, 5.74) is 4.51. The fourth-order valence-corrected chi connectivity index (χ4v) is 1.71. The van der Waals surface area contributed by atoms with Gasteiger partial charge in [-0.1, -0.05) is 19.9 Å². The third-order valence-corrected chi connectivity index (χ3v) is 2.97. The topological polar surface area (TPSA) is 101 Å². The van der Waals surface area contributed by atoms with Crippen LogP contribution < -0.4 is 10.9 Å².